The van der Waals surface area contributed by atoms with E-state index in [2.05, 4.69) is 0 Å². The molecule has 3 heteroatoms. The molecule has 0 N–H and O–H groups in total. The van der Waals surface area contributed by atoms with Crippen molar-refractivity contribution in [2.75, 3.05) is 14.2 Å². The fourth-order valence-corrected chi connectivity index (χ4v) is 1.07. The number of allylic oxidation sites excluding steroid dienone is 2. The first kappa shape index (κ1) is 8.62. The van der Waals surface area contributed by atoms with Gasteiger partial charge in [0.25, 0.3) is 0 Å². The van der Waals surface area contributed by atoms with E-state index in [4.69, 9.17) is 21.1 Å². The Bertz CT molecular complexity index is 196. The predicted octanol–water partition coefficient (Wildman–Crippen LogP) is 1.87. The van der Waals surface area contributed by atoms with Crippen LogP contribution in [0.25, 0.3) is 0 Å². The lowest BCUT2D eigenvalue weighted by atomic mass is 10.1. The van der Waals surface area contributed by atoms with Crippen LogP contribution in [0, 0.1) is 6.42 Å². The minimum absolute atomic E-state index is 0.0209. The van der Waals surface area contributed by atoms with Crippen molar-refractivity contribution in [1.82, 2.24) is 0 Å². The van der Waals surface area contributed by atoms with Gasteiger partial charge in [-0.15, -0.1) is 0 Å². The zero-order chi connectivity index (χ0) is 8.27. The first-order valence-electron chi connectivity index (χ1n) is 3.27. The average molecular weight is 174 g/mol. The van der Waals surface area contributed by atoms with Crippen LogP contribution < -0.4 is 0 Å². The van der Waals surface area contributed by atoms with E-state index in [9.17, 15) is 0 Å². The molecule has 1 atom stereocenters. The summed E-state index contributed by atoms with van der Waals surface area (Å²) in [5, 5.41) is 0.612. The molecule has 0 aromatic carbocycles. The van der Waals surface area contributed by atoms with Crippen molar-refractivity contribution in [2.24, 2.45) is 0 Å². The molecule has 11 heavy (non-hydrogen) atoms. The Balaban J connectivity index is 2.67. The molecule has 0 amide bonds. The van der Waals surface area contributed by atoms with Gasteiger partial charge in [-0.1, -0.05) is 17.7 Å². The lowest BCUT2D eigenvalue weighted by Crippen LogP contribution is -2.13. The molecular formula is C8H10ClO2. The Kier molecular flexibility index (Phi) is 2.97. The highest BCUT2D eigenvalue weighted by atomic mass is 35.5. The van der Waals surface area contributed by atoms with E-state index >= 15 is 0 Å². The van der Waals surface area contributed by atoms with Crippen molar-refractivity contribution in [3.63, 3.8) is 0 Å². The average Bonchev–Trinajstić information content (AvgIpc) is 2.05. The fraction of sp³-hybridized carbons (Fsp3) is 0.375. The van der Waals surface area contributed by atoms with E-state index in [0.29, 0.717) is 10.8 Å². The molecule has 0 saturated heterocycles. The third kappa shape index (κ3) is 1.98. The first-order chi connectivity index (χ1) is 5.27. The van der Waals surface area contributed by atoms with Gasteiger partial charge in [-0.3, -0.25) is 0 Å². The van der Waals surface area contributed by atoms with Crippen molar-refractivity contribution >= 4 is 11.6 Å². The lowest BCUT2D eigenvalue weighted by molar-refractivity contribution is 0.154. The zero-order valence-corrected chi connectivity index (χ0v) is 7.26. The van der Waals surface area contributed by atoms with Crippen LogP contribution in [0.2, 0.25) is 0 Å². The topological polar surface area (TPSA) is 18.5 Å². The van der Waals surface area contributed by atoms with Crippen LogP contribution in [-0.2, 0) is 9.47 Å². The largest absolute Gasteiger partial charge is 0.499 e. The van der Waals surface area contributed by atoms with Gasteiger partial charge in [-0.2, -0.15) is 0 Å². The smallest absolute Gasteiger partial charge is 0.121 e. The Hall–Kier alpha value is -0.470. The fourth-order valence-electron chi connectivity index (χ4n) is 0.858. The first-order valence-corrected chi connectivity index (χ1v) is 3.65. The summed E-state index contributed by atoms with van der Waals surface area (Å²) in [4.78, 5) is 0. The Labute approximate surface area is 71.4 Å². The normalized spacial score (nSPS) is 24.1. The van der Waals surface area contributed by atoms with Gasteiger partial charge in [0.05, 0.1) is 24.7 Å². The molecule has 0 aliphatic heterocycles. The molecule has 0 spiro atoms. The lowest BCUT2D eigenvalue weighted by Gasteiger charge is -2.16. The summed E-state index contributed by atoms with van der Waals surface area (Å²) < 4.78 is 10.1. The molecular weight excluding hydrogens is 164 g/mol. The predicted molar refractivity (Wildman–Crippen MR) is 44.1 cm³/mol. The van der Waals surface area contributed by atoms with Gasteiger partial charge in [0.2, 0.25) is 0 Å². The highest BCUT2D eigenvalue weighted by Gasteiger charge is 2.15. The van der Waals surface area contributed by atoms with Crippen molar-refractivity contribution in [1.29, 1.82) is 0 Å². The maximum atomic E-state index is 5.79. The summed E-state index contributed by atoms with van der Waals surface area (Å²) in [5.41, 5.74) is 0. The van der Waals surface area contributed by atoms with Gasteiger partial charge in [-0.05, 0) is 6.08 Å². The van der Waals surface area contributed by atoms with Gasteiger partial charge in [0.1, 0.15) is 5.76 Å². The maximum absolute atomic E-state index is 5.79. The third-order valence-electron chi connectivity index (χ3n) is 1.48. The van der Waals surface area contributed by atoms with Crippen LogP contribution in [0.5, 0.6) is 0 Å². The molecule has 0 saturated carbocycles. The van der Waals surface area contributed by atoms with E-state index in [-0.39, 0.29) is 6.10 Å². The van der Waals surface area contributed by atoms with Crippen LogP contribution in [0.15, 0.2) is 22.9 Å². The monoisotopic (exact) mass is 173 g/mol. The summed E-state index contributed by atoms with van der Waals surface area (Å²) in [6.45, 7) is 0. The Morgan fingerprint density at radius 3 is 2.73 bits per heavy atom. The summed E-state index contributed by atoms with van der Waals surface area (Å²) in [6, 6.07) is 0. The van der Waals surface area contributed by atoms with Crippen molar-refractivity contribution in [3.8, 4) is 0 Å². The van der Waals surface area contributed by atoms with Crippen LogP contribution in [0.1, 0.15) is 0 Å². The number of ether oxygens (including phenoxy) is 2. The standard InChI is InChI=1S/C8H10ClO2/c1-10-6-3-4-7(9)8(5-6)11-2/h3-6H,1-2H3. The van der Waals surface area contributed by atoms with E-state index in [1.165, 1.54) is 0 Å². The molecule has 1 rings (SSSR count). The molecule has 1 radical (unpaired) electrons. The molecule has 0 heterocycles. The number of hydrogen-bond acceptors (Lipinski definition) is 2. The van der Waals surface area contributed by atoms with Gasteiger partial charge in [-0.25, -0.2) is 0 Å². The van der Waals surface area contributed by atoms with E-state index in [1.54, 1.807) is 20.3 Å². The molecule has 0 aromatic rings. The van der Waals surface area contributed by atoms with Crippen LogP contribution in [0.3, 0.4) is 0 Å². The second kappa shape index (κ2) is 3.79. The van der Waals surface area contributed by atoms with E-state index in [1.807, 2.05) is 12.5 Å². The van der Waals surface area contributed by atoms with Crippen molar-refractivity contribution < 1.29 is 9.47 Å². The van der Waals surface area contributed by atoms with Crippen LogP contribution >= 0.6 is 11.6 Å². The number of methoxy groups -OCH3 is 2. The quantitative estimate of drug-likeness (QED) is 0.635. The molecule has 61 valence electrons. The molecule has 0 aromatic heterocycles. The summed E-state index contributed by atoms with van der Waals surface area (Å²) in [7, 11) is 3.22. The number of halogens is 1. The van der Waals surface area contributed by atoms with Crippen molar-refractivity contribution in [3.05, 3.63) is 29.4 Å². The van der Waals surface area contributed by atoms with Crippen LogP contribution in [-0.4, -0.2) is 20.3 Å². The SMILES string of the molecule is COC1=C(Cl)C=CC(OC)[CH]1. The van der Waals surface area contributed by atoms with E-state index < -0.39 is 0 Å². The van der Waals surface area contributed by atoms with E-state index in [0.717, 1.165) is 0 Å². The third-order valence-corrected chi connectivity index (χ3v) is 1.79. The molecule has 1 aliphatic rings. The van der Waals surface area contributed by atoms with Gasteiger partial charge in [0.15, 0.2) is 0 Å². The minimum atomic E-state index is -0.0209. The van der Waals surface area contributed by atoms with Gasteiger partial charge >= 0.3 is 0 Å². The van der Waals surface area contributed by atoms with Gasteiger partial charge in [0, 0.05) is 7.11 Å². The highest BCUT2D eigenvalue weighted by Crippen LogP contribution is 2.22. The summed E-state index contributed by atoms with van der Waals surface area (Å²) in [6.07, 6.45) is 5.44. The molecule has 1 aliphatic carbocycles. The Morgan fingerprint density at radius 2 is 2.18 bits per heavy atom. The molecule has 1 unspecified atom stereocenters. The second-order valence-electron chi connectivity index (χ2n) is 2.14. The molecule has 2 nitrogen and oxygen atoms in total. The minimum Gasteiger partial charge on any atom is -0.499 e. The van der Waals surface area contributed by atoms with Crippen LogP contribution in [0.4, 0.5) is 0 Å². The second-order valence-corrected chi connectivity index (χ2v) is 2.55. The summed E-state index contributed by atoms with van der Waals surface area (Å²) >= 11 is 5.79. The Morgan fingerprint density at radius 1 is 1.45 bits per heavy atom. The molecule has 0 bridgehead atoms. The highest BCUT2D eigenvalue weighted by molar-refractivity contribution is 6.31. The number of hydrogen-bond donors (Lipinski definition) is 0. The zero-order valence-electron chi connectivity index (χ0n) is 6.50. The van der Waals surface area contributed by atoms with Crippen molar-refractivity contribution in [2.45, 2.75) is 6.10 Å². The number of rotatable bonds is 2. The van der Waals surface area contributed by atoms with Gasteiger partial charge < -0.3 is 9.47 Å². The maximum Gasteiger partial charge on any atom is 0.121 e. The molecule has 0 fully saturated rings. The summed E-state index contributed by atoms with van der Waals surface area (Å²) in [5.74, 6) is 0.668.